The molecule has 0 amide bonds. The Kier molecular flexibility index (Phi) is 1.77. The lowest BCUT2D eigenvalue weighted by Gasteiger charge is -2.10. The normalized spacial score (nSPS) is 17.4. The van der Waals surface area contributed by atoms with Crippen molar-refractivity contribution < 1.29 is 4.74 Å². The summed E-state index contributed by atoms with van der Waals surface area (Å²) in [4.78, 5) is 29.4. The highest BCUT2D eigenvalue weighted by atomic mass is 16.5. The highest BCUT2D eigenvalue weighted by molar-refractivity contribution is 5.13. The molecule has 1 aromatic heterocycles. The van der Waals surface area contributed by atoms with Gasteiger partial charge in [0, 0.05) is 0 Å². The average molecular weight is 195 g/mol. The van der Waals surface area contributed by atoms with E-state index in [4.69, 9.17) is 4.74 Å². The molecule has 0 aliphatic heterocycles. The van der Waals surface area contributed by atoms with E-state index in [1.165, 1.54) is 0 Å². The zero-order valence-electron chi connectivity index (χ0n) is 7.37. The molecule has 0 atom stereocenters. The van der Waals surface area contributed by atoms with Crippen molar-refractivity contribution in [3.05, 3.63) is 33.6 Å². The number of hydrogen-bond donors (Lipinski definition) is 2. The predicted molar refractivity (Wildman–Crippen MR) is 48.3 cm³/mol. The van der Waals surface area contributed by atoms with E-state index >= 15 is 0 Å². The van der Waals surface area contributed by atoms with Crippen LogP contribution in [0.15, 0.2) is 22.2 Å². The topological polar surface area (TPSA) is 87.8 Å². The van der Waals surface area contributed by atoms with Gasteiger partial charge in [0.05, 0.1) is 0 Å². The second-order valence-electron chi connectivity index (χ2n) is 3.17. The van der Waals surface area contributed by atoms with Crippen molar-refractivity contribution in [2.75, 3.05) is 0 Å². The zero-order chi connectivity index (χ0) is 10.2. The quantitative estimate of drug-likeness (QED) is 0.640. The summed E-state index contributed by atoms with van der Waals surface area (Å²) in [5.41, 5.74) is -1.78. The van der Waals surface area contributed by atoms with Crippen molar-refractivity contribution in [1.82, 2.24) is 15.0 Å². The third-order valence-corrected chi connectivity index (χ3v) is 2.06. The van der Waals surface area contributed by atoms with Crippen LogP contribution >= 0.6 is 0 Å². The summed E-state index contributed by atoms with van der Waals surface area (Å²) in [6, 6.07) is -0.0591. The maximum atomic E-state index is 10.8. The number of nitrogens with zero attached hydrogens (tertiary/aromatic N) is 1. The first-order valence-electron chi connectivity index (χ1n) is 4.17. The van der Waals surface area contributed by atoms with E-state index in [2.05, 4.69) is 16.5 Å². The minimum Gasteiger partial charge on any atom is -0.454 e. The van der Waals surface area contributed by atoms with Crippen molar-refractivity contribution in [2.24, 2.45) is 0 Å². The Morgan fingerprint density at radius 2 is 2.14 bits per heavy atom. The van der Waals surface area contributed by atoms with Crippen molar-refractivity contribution in [3.8, 4) is 6.01 Å². The van der Waals surface area contributed by atoms with Gasteiger partial charge in [0.1, 0.15) is 5.60 Å². The monoisotopic (exact) mass is 195 g/mol. The molecule has 1 aliphatic carbocycles. The zero-order valence-corrected chi connectivity index (χ0v) is 7.37. The summed E-state index contributed by atoms with van der Waals surface area (Å²) in [6.45, 7) is 3.61. The first-order chi connectivity index (χ1) is 6.63. The molecule has 2 N–H and O–H groups in total. The van der Waals surface area contributed by atoms with Crippen molar-refractivity contribution in [2.45, 2.75) is 18.4 Å². The molecule has 1 fully saturated rings. The standard InChI is InChI=1S/C8H9N3O3/c1-2-8(3-4-8)14-7-10-5(12)9-6(13)11-7/h2H,1,3-4H2,(H2,9,10,11,12,13). The summed E-state index contributed by atoms with van der Waals surface area (Å²) in [5.74, 6) is 0. The molecule has 6 heteroatoms. The van der Waals surface area contributed by atoms with Crippen LogP contribution in [0.25, 0.3) is 0 Å². The fraction of sp³-hybridized carbons (Fsp3) is 0.375. The van der Waals surface area contributed by atoms with Crippen LogP contribution in [0.2, 0.25) is 0 Å². The van der Waals surface area contributed by atoms with E-state index in [1.807, 2.05) is 4.98 Å². The minimum absolute atomic E-state index is 0.0591. The number of rotatable bonds is 3. The Morgan fingerprint density at radius 1 is 1.43 bits per heavy atom. The molecule has 1 saturated carbocycles. The average Bonchev–Trinajstić information content (AvgIpc) is 2.83. The van der Waals surface area contributed by atoms with Crippen LogP contribution in [0, 0.1) is 0 Å². The van der Waals surface area contributed by atoms with Gasteiger partial charge >= 0.3 is 17.4 Å². The van der Waals surface area contributed by atoms with Crippen molar-refractivity contribution >= 4 is 0 Å². The van der Waals surface area contributed by atoms with Gasteiger partial charge in [-0.1, -0.05) is 6.58 Å². The van der Waals surface area contributed by atoms with Crippen LogP contribution in [0.3, 0.4) is 0 Å². The smallest absolute Gasteiger partial charge is 0.353 e. The Morgan fingerprint density at radius 3 is 2.64 bits per heavy atom. The lowest BCUT2D eigenvalue weighted by Crippen LogP contribution is -2.27. The Balaban J connectivity index is 2.29. The van der Waals surface area contributed by atoms with Gasteiger partial charge in [0.2, 0.25) is 0 Å². The van der Waals surface area contributed by atoms with Crippen LogP contribution in [0.4, 0.5) is 0 Å². The van der Waals surface area contributed by atoms with Gasteiger partial charge in [0.25, 0.3) is 0 Å². The number of aromatic nitrogens is 3. The van der Waals surface area contributed by atoms with E-state index in [1.54, 1.807) is 6.08 Å². The molecule has 1 aliphatic rings. The van der Waals surface area contributed by atoms with E-state index < -0.39 is 17.0 Å². The molecule has 1 aromatic rings. The van der Waals surface area contributed by atoms with Gasteiger partial charge in [-0.25, -0.2) is 9.59 Å². The van der Waals surface area contributed by atoms with E-state index in [0.29, 0.717) is 0 Å². The first kappa shape index (κ1) is 8.74. The van der Waals surface area contributed by atoms with Gasteiger partial charge in [-0.2, -0.15) is 0 Å². The molecule has 14 heavy (non-hydrogen) atoms. The maximum absolute atomic E-state index is 10.8. The Labute approximate surface area is 78.7 Å². The molecular weight excluding hydrogens is 186 g/mol. The molecule has 2 rings (SSSR count). The van der Waals surface area contributed by atoms with Crippen LogP contribution < -0.4 is 16.1 Å². The molecule has 1 heterocycles. The van der Waals surface area contributed by atoms with Gasteiger partial charge in [-0.05, 0) is 18.9 Å². The summed E-state index contributed by atoms with van der Waals surface area (Å²) in [5, 5.41) is 0. The van der Waals surface area contributed by atoms with Crippen LogP contribution in [0.1, 0.15) is 12.8 Å². The lowest BCUT2D eigenvalue weighted by atomic mass is 10.3. The SMILES string of the molecule is C=CC1(Oc2nc(=O)[nH]c(=O)[nH]2)CC1. The second kappa shape index (κ2) is 2.83. The molecule has 6 nitrogen and oxygen atoms in total. The predicted octanol–water partition coefficient (Wildman–Crippen LogP) is -0.444. The number of ether oxygens (including phenoxy) is 1. The van der Waals surface area contributed by atoms with Crippen molar-refractivity contribution in [3.63, 3.8) is 0 Å². The first-order valence-corrected chi connectivity index (χ1v) is 4.17. The number of nitrogens with one attached hydrogen (secondary N) is 2. The molecule has 0 spiro atoms. The molecule has 0 saturated heterocycles. The summed E-state index contributed by atoms with van der Waals surface area (Å²) in [6.07, 6.45) is 3.30. The Bertz CT molecular complexity index is 441. The fourth-order valence-corrected chi connectivity index (χ4v) is 1.09. The fourth-order valence-electron chi connectivity index (χ4n) is 1.09. The number of hydrogen-bond acceptors (Lipinski definition) is 4. The highest BCUT2D eigenvalue weighted by Gasteiger charge is 2.43. The molecule has 0 aromatic carbocycles. The van der Waals surface area contributed by atoms with Gasteiger partial charge in [0.15, 0.2) is 0 Å². The van der Waals surface area contributed by atoms with E-state index in [9.17, 15) is 9.59 Å². The van der Waals surface area contributed by atoms with Crippen LogP contribution in [-0.2, 0) is 0 Å². The number of aromatic amines is 2. The van der Waals surface area contributed by atoms with E-state index in [-0.39, 0.29) is 6.01 Å². The van der Waals surface area contributed by atoms with Crippen molar-refractivity contribution in [1.29, 1.82) is 0 Å². The molecule has 0 bridgehead atoms. The third kappa shape index (κ3) is 1.59. The summed E-state index contributed by atoms with van der Waals surface area (Å²) >= 11 is 0. The second-order valence-corrected chi connectivity index (χ2v) is 3.17. The van der Waals surface area contributed by atoms with Gasteiger partial charge in [-0.3, -0.25) is 9.97 Å². The molecule has 0 radical (unpaired) electrons. The van der Waals surface area contributed by atoms with Crippen LogP contribution in [0.5, 0.6) is 6.01 Å². The molecule has 74 valence electrons. The maximum Gasteiger partial charge on any atom is 0.353 e. The van der Waals surface area contributed by atoms with Gasteiger partial charge in [-0.15, -0.1) is 4.98 Å². The minimum atomic E-state index is -0.719. The lowest BCUT2D eigenvalue weighted by molar-refractivity contribution is 0.208. The third-order valence-electron chi connectivity index (χ3n) is 2.06. The molecular formula is C8H9N3O3. The van der Waals surface area contributed by atoms with E-state index in [0.717, 1.165) is 12.8 Å². The highest BCUT2D eigenvalue weighted by Crippen LogP contribution is 2.39. The largest absolute Gasteiger partial charge is 0.454 e. The molecule has 0 unspecified atom stereocenters. The van der Waals surface area contributed by atoms with Gasteiger partial charge < -0.3 is 4.74 Å². The number of H-pyrrole nitrogens is 2. The van der Waals surface area contributed by atoms with Crippen LogP contribution in [-0.4, -0.2) is 20.6 Å². The summed E-state index contributed by atoms with van der Waals surface area (Å²) < 4.78 is 5.32. The Hall–Kier alpha value is -1.85. The summed E-state index contributed by atoms with van der Waals surface area (Å²) in [7, 11) is 0.